The molecule has 0 saturated heterocycles. The molecular weight excluding hydrogens is 463 g/mol. The lowest BCUT2D eigenvalue weighted by atomic mass is 10.1. The lowest BCUT2D eigenvalue weighted by molar-refractivity contribution is 0.102. The van der Waals surface area contributed by atoms with Gasteiger partial charge < -0.3 is 19.5 Å². The molecule has 0 aromatic heterocycles. The minimum Gasteiger partial charge on any atom is -0.495 e. The van der Waals surface area contributed by atoms with Crippen molar-refractivity contribution in [3.63, 3.8) is 0 Å². The van der Waals surface area contributed by atoms with E-state index in [-0.39, 0.29) is 33.7 Å². The molecule has 0 bridgehead atoms. The lowest BCUT2D eigenvalue weighted by Gasteiger charge is -2.14. The quantitative estimate of drug-likeness (QED) is 0.548. The number of halogens is 2. The highest BCUT2D eigenvalue weighted by molar-refractivity contribution is 7.92. The normalized spacial score (nSPS) is 12.3. The Morgan fingerprint density at radius 3 is 2.56 bits per heavy atom. The fourth-order valence-corrected chi connectivity index (χ4v) is 4.31. The second-order valence-corrected chi connectivity index (χ2v) is 8.71. The number of hydrogen-bond donors (Lipinski definition) is 2. The van der Waals surface area contributed by atoms with Gasteiger partial charge in [0.25, 0.3) is 15.9 Å². The maximum atomic E-state index is 13.1. The first kappa shape index (κ1) is 21.7. The number of fused-ring (bicyclic) bond motifs is 1. The summed E-state index contributed by atoms with van der Waals surface area (Å²) in [5.74, 6) is -0.118. The predicted molar refractivity (Wildman–Crippen MR) is 116 cm³/mol. The van der Waals surface area contributed by atoms with Gasteiger partial charge in [-0.25, -0.2) is 12.8 Å². The molecule has 0 unspecified atom stereocenters. The first-order valence-corrected chi connectivity index (χ1v) is 11.0. The number of carbonyl (C=O) groups excluding carboxylic acids is 1. The van der Waals surface area contributed by atoms with Crippen LogP contribution in [0.15, 0.2) is 59.5 Å². The van der Waals surface area contributed by atoms with Crippen LogP contribution in [0.25, 0.3) is 0 Å². The van der Waals surface area contributed by atoms with Gasteiger partial charge in [-0.2, -0.15) is 0 Å². The Balaban J connectivity index is 1.59. The number of hydrogen-bond acceptors (Lipinski definition) is 6. The third-order valence-electron chi connectivity index (χ3n) is 4.52. The minimum atomic E-state index is -4.03. The molecular formula is C21H16ClFN2O6S. The molecule has 1 amide bonds. The average Bonchev–Trinajstić information content (AvgIpc) is 3.23. The van der Waals surface area contributed by atoms with E-state index in [1.807, 2.05) is 0 Å². The predicted octanol–water partition coefficient (Wildman–Crippen LogP) is 4.27. The average molecular weight is 479 g/mol. The van der Waals surface area contributed by atoms with Gasteiger partial charge in [-0.3, -0.25) is 9.52 Å². The van der Waals surface area contributed by atoms with E-state index in [1.165, 1.54) is 31.4 Å². The van der Waals surface area contributed by atoms with Crippen molar-refractivity contribution in [2.45, 2.75) is 4.90 Å². The van der Waals surface area contributed by atoms with Crippen LogP contribution in [0.1, 0.15) is 10.4 Å². The second kappa shape index (κ2) is 8.56. The Bertz CT molecular complexity index is 1300. The zero-order chi connectivity index (χ0) is 22.9. The number of benzene rings is 3. The summed E-state index contributed by atoms with van der Waals surface area (Å²) in [6.07, 6.45) is 0. The molecule has 3 aromatic rings. The number of ether oxygens (including phenoxy) is 3. The highest BCUT2D eigenvalue weighted by atomic mass is 35.5. The van der Waals surface area contributed by atoms with Gasteiger partial charge in [-0.05, 0) is 54.6 Å². The molecule has 0 fully saturated rings. The van der Waals surface area contributed by atoms with Crippen LogP contribution in [0.2, 0.25) is 5.02 Å². The van der Waals surface area contributed by atoms with E-state index in [0.29, 0.717) is 17.2 Å². The van der Waals surface area contributed by atoms with Crippen LogP contribution in [0, 0.1) is 5.82 Å². The molecule has 0 atom stereocenters. The summed E-state index contributed by atoms with van der Waals surface area (Å²) in [5, 5.41) is 2.90. The first-order chi connectivity index (χ1) is 15.3. The molecule has 0 radical (unpaired) electrons. The van der Waals surface area contributed by atoms with Gasteiger partial charge in [-0.1, -0.05) is 11.6 Å². The van der Waals surface area contributed by atoms with Crippen LogP contribution in [0.4, 0.5) is 15.8 Å². The SMILES string of the molecule is COc1ccc(NC(=O)c2cc(Cl)c3c(c2)OCO3)cc1NS(=O)(=O)c1ccc(F)cc1. The fraction of sp³-hybridized carbons (Fsp3) is 0.0952. The van der Waals surface area contributed by atoms with E-state index in [1.54, 1.807) is 6.07 Å². The third kappa shape index (κ3) is 4.41. The summed E-state index contributed by atoms with van der Waals surface area (Å²) < 4.78 is 56.6. The molecule has 8 nitrogen and oxygen atoms in total. The molecule has 0 aliphatic carbocycles. The van der Waals surface area contributed by atoms with Crippen molar-refractivity contribution in [3.8, 4) is 17.2 Å². The highest BCUT2D eigenvalue weighted by Crippen LogP contribution is 2.40. The number of anilines is 2. The van der Waals surface area contributed by atoms with Crippen molar-refractivity contribution >= 4 is 38.9 Å². The van der Waals surface area contributed by atoms with E-state index in [0.717, 1.165) is 24.3 Å². The maximum Gasteiger partial charge on any atom is 0.262 e. The van der Waals surface area contributed by atoms with Crippen LogP contribution in [-0.4, -0.2) is 28.2 Å². The van der Waals surface area contributed by atoms with Crippen LogP contribution < -0.4 is 24.2 Å². The van der Waals surface area contributed by atoms with Crippen LogP contribution in [-0.2, 0) is 10.0 Å². The van der Waals surface area contributed by atoms with Crippen molar-refractivity contribution in [2.24, 2.45) is 0 Å². The smallest absolute Gasteiger partial charge is 0.262 e. The Morgan fingerprint density at radius 2 is 1.84 bits per heavy atom. The van der Waals surface area contributed by atoms with Gasteiger partial charge in [-0.15, -0.1) is 0 Å². The molecule has 4 rings (SSSR count). The minimum absolute atomic E-state index is 0.0101. The maximum absolute atomic E-state index is 13.1. The molecule has 2 N–H and O–H groups in total. The van der Waals surface area contributed by atoms with Gasteiger partial charge in [0.15, 0.2) is 11.5 Å². The summed E-state index contributed by atoms with van der Waals surface area (Å²) >= 11 is 6.13. The van der Waals surface area contributed by atoms with Gasteiger partial charge in [0, 0.05) is 11.3 Å². The van der Waals surface area contributed by atoms with E-state index < -0.39 is 21.7 Å². The topological polar surface area (TPSA) is 103 Å². The van der Waals surface area contributed by atoms with Gasteiger partial charge >= 0.3 is 0 Å². The Kier molecular flexibility index (Phi) is 5.81. The largest absolute Gasteiger partial charge is 0.495 e. The Hall–Kier alpha value is -3.50. The molecule has 1 aliphatic heterocycles. The van der Waals surface area contributed by atoms with Crippen molar-refractivity contribution < 1.29 is 31.8 Å². The fourth-order valence-electron chi connectivity index (χ4n) is 2.98. The van der Waals surface area contributed by atoms with Crippen LogP contribution >= 0.6 is 11.6 Å². The van der Waals surface area contributed by atoms with Crippen molar-refractivity contribution in [3.05, 3.63) is 71.0 Å². The Morgan fingerprint density at radius 1 is 1.09 bits per heavy atom. The third-order valence-corrected chi connectivity index (χ3v) is 6.18. The molecule has 32 heavy (non-hydrogen) atoms. The Labute approximate surface area is 187 Å². The number of rotatable bonds is 6. The van der Waals surface area contributed by atoms with Crippen LogP contribution in [0.5, 0.6) is 17.2 Å². The zero-order valence-electron chi connectivity index (χ0n) is 16.5. The summed E-state index contributed by atoms with van der Waals surface area (Å²) in [4.78, 5) is 12.6. The first-order valence-electron chi connectivity index (χ1n) is 9.14. The lowest BCUT2D eigenvalue weighted by Crippen LogP contribution is -2.15. The van der Waals surface area contributed by atoms with Crippen molar-refractivity contribution in [1.29, 1.82) is 0 Å². The standard InChI is InChI=1S/C21H16ClFN2O6S/c1-29-18-7-4-14(10-17(18)25-32(27,28)15-5-2-13(23)3-6-15)24-21(26)12-8-16(22)20-19(9-12)30-11-31-20/h2-10,25H,11H2,1H3,(H,24,26). The van der Waals surface area contributed by atoms with Gasteiger partial charge in [0.2, 0.25) is 6.79 Å². The number of carbonyl (C=O) groups is 1. The van der Waals surface area contributed by atoms with E-state index in [2.05, 4.69) is 10.0 Å². The van der Waals surface area contributed by atoms with Crippen molar-refractivity contribution in [2.75, 3.05) is 23.9 Å². The van der Waals surface area contributed by atoms with Gasteiger partial charge in [0.1, 0.15) is 11.6 Å². The summed E-state index contributed by atoms with van der Waals surface area (Å²) in [7, 11) is -2.66. The van der Waals surface area contributed by atoms with Crippen molar-refractivity contribution in [1.82, 2.24) is 0 Å². The highest BCUT2D eigenvalue weighted by Gasteiger charge is 2.21. The number of methoxy groups -OCH3 is 1. The number of amides is 1. The molecule has 166 valence electrons. The molecule has 1 aliphatic rings. The van der Waals surface area contributed by atoms with Crippen LogP contribution in [0.3, 0.4) is 0 Å². The van der Waals surface area contributed by atoms with Gasteiger partial charge in [0.05, 0.1) is 22.7 Å². The molecule has 0 spiro atoms. The summed E-state index contributed by atoms with van der Waals surface area (Å²) in [5.41, 5.74) is 0.600. The molecule has 11 heteroatoms. The molecule has 1 heterocycles. The summed E-state index contributed by atoms with van der Waals surface area (Å²) in [6.45, 7) is 0.0101. The number of nitrogens with one attached hydrogen (secondary N) is 2. The molecule has 3 aromatic carbocycles. The zero-order valence-corrected chi connectivity index (χ0v) is 18.1. The number of sulfonamides is 1. The van der Waals surface area contributed by atoms with E-state index in [9.17, 15) is 17.6 Å². The van der Waals surface area contributed by atoms with E-state index in [4.69, 9.17) is 25.8 Å². The monoisotopic (exact) mass is 478 g/mol. The second-order valence-electron chi connectivity index (χ2n) is 6.62. The van der Waals surface area contributed by atoms with E-state index >= 15 is 0 Å². The summed E-state index contributed by atoms with van der Waals surface area (Å²) in [6, 6.07) is 11.7. The molecule has 0 saturated carbocycles.